The standard InChI is InChI=1S/C32H36N2O7/c1-32(2,3)41-31(38)34-19-7-10-28(27(20-34)33-29(36)23-11-15-25(35)16-12-23)40-30(37)24-13-17-26(18-14-24)39-21-22-8-5-4-6-9-22/h4-6,8-9,11-18,27-28,35H,7,10,19-21H2,1-3H3,(H,33,36)/t27-,28-/m1/s1. The van der Waals surface area contributed by atoms with Crippen molar-refractivity contribution in [3.63, 3.8) is 0 Å². The van der Waals surface area contributed by atoms with Crippen LogP contribution in [0.25, 0.3) is 0 Å². The highest BCUT2D eigenvalue weighted by molar-refractivity contribution is 5.94. The van der Waals surface area contributed by atoms with E-state index < -0.39 is 35.7 Å². The molecule has 4 rings (SSSR count). The van der Waals surface area contributed by atoms with Crippen LogP contribution in [0, 0.1) is 0 Å². The van der Waals surface area contributed by atoms with Gasteiger partial charge >= 0.3 is 12.1 Å². The predicted molar refractivity (Wildman–Crippen MR) is 153 cm³/mol. The molecule has 9 nitrogen and oxygen atoms in total. The first-order valence-corrected chi connectivity index (χ1v) is 13.6. The maximum atomic E-state index is 13.1. The lowest BCUT2D eigenvalue weighted by molar-refractivity contribution is 0.0127. The zero-order chi connectivity index (χ0) is 29.4. The Bertz CT molecular complexity index is 1320. The first-order chi connectivity index (χ1) is 19.6. The average Bonchev–Trinajstić information content (AvgIpc) is 3.14. The zero-order valence-electron chi connectivity index (χ0n) is 23.5. The Balaban J connectivity index is 1.45. The quantitative estimate of drug-likeness (QED) is 0.376. The van der Waals surface area contributed by atoms with Crippen molar-refractivity contribution < 1.29 is 33.7 Å². The van der Waals surface area contributed by atoms with Crippen molar-refractivity contribution in [3.05, 3.63) is 95.6 Å². The van der Waals surface area contributed by atoms with E-state index in [0.717, 1.165) is 5.56 Å². The molecule has 216 valence electrons. The fraction of sp³-hybridized carbons (Fsp3) is 0.344. The molecule has 3 aromatic rings. The van der Waals surface area contributed by atoms with Crippen molar-refractivity contribution in [2.45, 2.75) is 58.0 Å². The summed E-state index contributed by atoms with van der Waals surface area (Å²) in [5.74, 6) is -0.302. The van der Waals surface area contributed by atoms with E-state index in [1.54, 1.807) is 45.0 Å². The Kier molecular flexibility index (Phi) is 9.49. The summed E-state index contributed by atoms with van der Waals surface area (Å²) in [6, 6.07) is 21.6. The monoisotopic (exact) mass is 560 g/mol. The molecule has 41 heavy (non-hydrogen) atoms. The van der Waals surface area contributed by atoms with Gasteiger partial charge in [-0.3, -0.25) is 4.79 Å². The summed E-state index contributed by atoms with van der Waals surface area (Å²) in [6.45, 7) is 6.26. The van der Waals surface area contributed by atoms with Crippen LogP contribution in [0.3, 0.4) is 0 Å². The second-order valence-electron chi connectivity index (χ2n) is 10.9. The highest BCUT2D eigenvalue weighted by Crippen LogP contribution is 2.22. The molecule has 0 saturated carbocycles. The van der Waals surface area contributed by atoms with E-state index in [1.165, 1.54) is 29.2 Å². The molecule has 0 aromatic heterocycles. The maximum absolute atomic E-state index is 13.1. The topological polar surface area (TPSA) is 114 Å². The van der Waals surface area contributed by atoms with Gasteiger partial charge in [-0.1, -0.05) is 30.3 Å². The van der Waals surface area contributed by atoms with Gasteiger partial charge in [0.05, 0.1) is 11.6 Å². The van der Waals surface area contributed by atoms with Crippen LogP contribution in [0.5, 0.6) is 11.5 Å². The highest BCUT2D eigenvalue weighted by atomic mass is 16.6. The zero-order valence-corrected chi connectivity index (χ0v) is 23.5. The molecule has 1 heterocycles. The molecule has 0 unspecified atom stereocenters. The van der Waals surface area contributed by atoms with Gasteiger partial charge in [0.25, 0.3) is 5.91 Å². The molecule has 1 aliphatic rings. The molecule has 0 aliphatic carbocycles. The Hall–Kier alpha value is -4.53. The van der Waals surface area contributed by atoms with Crippen LogP contribution < -0.4 is 10.1 Å². The highest BCUT2D eigenvalue weighted by Gasteiger charge is 2.35. The SMILES string of the molecule is CC(C)(C)OC(=O)N1CCC[C@@H](OC(=O)c2ccc(OCc3ccccc3)cc2)[C@H](NC(=O)c2ccc(O)cc2)C1. The Morgan fingerprint density at radius 3 is 2.24 bits per heavy atom. The normalized spacial score (nSPS) is 17.2. The van der Waals surface area contributed by atoms with Gasteiger partial charge in [-0.15, -0.1) is 0 Å². The second-order valence-corrected chi connectivity index (χ2v) is 10.9. The van der Waals surface area contributed by atoms with E-state index >= 15 is 0 Å². The van der Waals surface area contributed by atoms with Crippen LogP contribution in [0.1, 0.15) is 59.9 Å². The summed E-state index contributed by atoms with van der Waals surface area (Å²) in [6.07, 6.45) is -0.205. The summed E-state index contributed by atoms with van der Waals surface area (Å²) in [4.78, 5) is 40.6. The summed E-state index contributed by atoms with van der Waals surface area (Å²) in [5.41, 5.74) is 1.02. The van der Waals surface area contributed by atoms with E-state index in [4.69, 9.17) is 14.2 Å². The summed E-state index contributed by atoms with van der Waals surface area (Å²) in [5, 5.41) is 12.5. The Labute approximate surface area is 240 Å². The van der Waals surface area contributed by atoms with Crippen molar-refractivity contribution in [2.24, 2.45) is 0 Å². The molecule has 1 aliphatic heterocycles. The van der Waals surface area contributed by atoms with E-state index in [9.17, 15) is 19.5 Å². The fourth-order valence-electron chi connectivity index (χ4n) is 4.40. The number of esters is 1. The van der Waals surface area contributed by atoms with Crippen molar-refractivity contribution in [1.82, 2.24) is 10.2 Å². The molecule has 2 amide bonds. The number of nitrogens with one attached hydrogen (secondary N) is 1. The van der Waals surface area contributed by atoms with Crippen molar-refractivity contribution >= 4 is 18.0 Å². The van der Waals surface area contributed by atoms with Crippen molar-refractivity contribution in [2.75, 3.05) is 13.1 Å². The van der Waals surface area contributed by atoms with Gasteiger partial charge in [0.2, 0.25) is 0 Å². The van der Waals surface area contributed by atoms with E-state index in [2.05, 4.69) is 5.32 Å². The number of benzene rings is 3. The number of phenolic OH excluding ortho intramolecular Hbond substituents is 1. The minimum absolute atomic E-state index is 0.0374. The molecule has 2 atom stereocenters. The number of hydrogen-bond acceptors (Lipinski definition) is 7. The summed E-state index contributed by atoms with van der Waals surface area (Å²) in [7, 11) is 0. The first kappa shape index (κ1) is 29.5. The van der Waals surface area contributed by atoms with Gasteiger partial charge < -0.3 is 29.5 Å². The van der Waals surface area contributed by atoms with E-state index in [1.807, 2.05) is 30.3 Å². The molecular weight excluding hydrogens is 524 g/mol. The number of aromatic hydroxyl groups is 1. The predicted octanol–water partition coefficient (Wildman–Crippen LogP) is 5.33. The number of rotatable bonds is 7. The number of phenols is 1. The number of ether oxygens (including phenoxy) is 3. The van der Waals surface area contributed by atoms with Crippen molar-refractivity contribution in [3.8, 4) is 11.5 Å². The minimum Gasteiger partial charge on any atom is -0.508 e. The average molecular weight is 561 g/mol. The molecule has 3 aromatic carbocycles. The molecule has 0 spiro atoms. The number of hydrogen-bond donors (Lipinski definition) is 2. The number of likely N-dealkylation sites (tertiary alicyclic amines) is 1. The minimum atomic E-state index is -0.691. The van der Waals surface area contributed by atoms with Gasteiger partial charge in [0.15, 0.2) is 0 Å². The maximum Gasteiger partial charge on any atom is 0.410 e. The second kappa shape index (κ2) is 13.2. The lowest BCUT2D eigenvalue weighted by atomic mass is 10.1. The summed E-state index contributed by atoms with van der Waals surface area (Å²) >= 11 is 0. The van der Waals surface area contributed by atoms with E-state index in [-0.39, 0.29) is 12.3 Å². The van der Waals surface area contributed by atoms with Crippen LogP contribution in [-0.2, 0) is 16.1 Å². The van der Waals surface area contributed by atoms with Gasteiger partial charge in [-0.05, 0) is 87.7 Å². The lowest BCUT2D eigenvalue weighted by Gasteiger charge is -2.30. The van der Waals surface area contributed by atoms with Gasteiger partial charge in [0.1, 0.15) is 29.8 Å². The Morgan fingerprint density at radius 1 is 0.927 bits per heavy atom. The lowest BCUT2D eigenvalue weighted by Crippen LogP contribution is -2.51. The summed E-state index contributed by atoms with van der Waals surface area (Å²) < 4.78 is 17.3. The number of nitrogens with zero attached hydrogens (tertiary/aromatic N) is 1. The van der Waals surface area contributed by atoms with Crippen molar-refractivity contribution in [1.29, 1.82) is 0 Å². The molecule has 0 radical (unpaired) electrons. The first-order valence-electron chi connectivity index (χ1n) is 13.6. The molecule has 0 bridgehead atoms. The molecule has 9 heteroatoms. The van der Waals surface area contributed by atoms with Gasteiger partial charge in [-0.2, -0.15) is 0 Å². The third-order valence-electron chi connectivity index (χ3n) is 6.48. The van der Waals surface area contributed by atoms with Gasteiger partial charge in [-0.25, -0.2) is 9.59 Å². The molecule has 2 N–H and O–H groups in total. The largest absolute Gasteiger partial charge is 0.508 e. The molecule has 1 fully saturated rings. The number of carbonyl (C=O) groups excluding carboxylic acids is 3. The van der Waals surface area contributed by atoms with Crippen LogP contribution in [-0.4, -0.2) is 58.8 Å². The van der Waals surface area contributed by atoms with Crippen LogP contribution in [0.2, 0.25) is 0 Å². The van der Waals surface area contributed by atoms with Crippen LogP contribution in [0.15, 0.2) is 78.9 Å². The third kappa shape index (κ3) is 8.73. The van der Waals surface area contributed by atoms with Crippen LogP contribution >= 0.6 is 0 Å². The number of carbonyl (C=O) groups is 3. The van der Waals surface area contributed by atoms with Gasteiger partial charge in [0, 0.05) is 18.7 Å². The fourth-order valence-corrected chi connectivity index (χ4v) is 4.40. The number of amides is 2. The smallest absolute Gasteiger partial charge is 0.410 e. The van der Waals surface area contributed by atoms with E-state index in [0.29, 0.717) is 42.9 Å². The molecule has 1 saturated heterocycles. The van der Waals surface area contributed by atoms with Crippen LogP contribution in [0.4, 0.5) is 4.79 Å². The molecular formula is C32H36N2O7. The third-order valence-corrected chi connectivity index (χ3v) is 6.48. The Morgan fingerprint density at radius 2 is 1.59 bits per heavy atom.